The highest BCUT2D eigenvalue weighted by Gasteiger charge is 2.23. The molecule has 0 saturated carbocycles. The highest BCUT2D eigenvalue weighted by molar-refractivity contribution is 7.09. The van der Waals surface area contributed by atoms with Crippen molar-refractivity contribution in [2.45, 2.75) is 33.6 Å². The van der Waals surface area contributed by atoms with Crippen molar-refractivity contribution in [1.82, 2.24) is 4.90 Å². The van der Waals surface area contributed by atoms with Gasteiger partial charge in [0.05, 0.1) is 12.0 Å². The van der Waals surface area contributed by atoms with Gasteiger partial charge >= 0.3 is 0 Å². The van der Waals surface area contributed by atoms with Crippen LogP contribution in [0.2, 0.25) is 0 Å². The third-order valence-electron chi connectivity index (χ3n) is 3.92. The van der Waals surface area contributed by atoms with E-state index in [1.165, 1.54) is 16.8 Å². The Morgan fingerprint density at radius 1 is 1.26 bits per heavy atom. The molecule has 2 aromatic rings. The van der Waals surface area contributed by atoms with Crippen molar-refractivity contribution < 1.29 is 4.79 Å². The predicted molar refractivity (Wildman–Crippen MR) is 118 cm³/mol. The van der Waals surface area contributed by atoms with E-state index >= 15 is 0 Å². The molecular weight excluding hydrogens is 356 g/mol. The molecule has 2 N–H and O–H groups in total. The van der Waals surface area contributed by atoms with Gasteiger partial charge in [-0.1, -0.05) is 19.9 Å². The summed E-state index contributed by atoms with van der Waals surface area (Å²) in [4.78, 5) is 21.4. The van der Waals surface area contributed by atoms with Crippen LogP contribution in [0.5, 0.6) is 0 Å². The van der Waals surface area contributed by atoms with E-state index in [0.29, 0.717) is 6.42 Å². The fourth-order valence-electron chi connectivity index (χ4n) is 2.62. The van der Waals surface area contributed by atoms with Crippen LogP contribution < -0.4 is 10.6 Å². The number of nitrogens with zero attached hydrogens (tertiary/aromatic N) is 3. The van der Waals surface area contributed by atoms with Crippen LogP contribution in [0.15, 0.2) is 40.7 Å². The largest absolute Gasteiger partial charge is 0.390 e. The third kappa shape index (κ3) is 7.53. The molecular formula is C21H32N4OS. The lowest BCUT2D eigenvalue weighted by atomic mass is 10.0. The molecule has 148 valence electrons. The van der Waals surface area contributed by atoms with Crippen molar-refractivity contribution in [1.29, 1.82) is 0 Å². The number of fused-ring (bicyclic) bond motifs is 1. The Morgan fingerprint density at radius 2 is 2.00 bits per heavy atom. The van der Waals surface area contributed by atoms with Crippen LogP contribution in [0.25, 0.3) is 0 Å². The molecule has 0 atom stereocenters. The molecule has 1 aliphatic rings. The SMILES string of the molecule is CC.CN(C)CCN1C(=O)CCc2cc(N=CN)ccc21.Cc1cccs1. The number of amides is 1. The first-order chi connectivity index (χ1) is 13.0. The summed E-state index contributed by atoms with van der Waals surface area (Å²) in [6.07, 6.45) is 2.64. The van der Waals surface area contributed by atoms with Gasteiger partial charge in [-0.25, -0.2) is 4.99 Å². The normalized spacial score (nSPS) is 13.0. The van der Waals surface area contributed by atoms with Crippen molar-refractivity contribution in [2.75, 3.05) is 32.1 Å². The van der Waals surface area contributed by atoms with Gasteiger partial charge in [-0.3, -0.25) is 4.79 Å². The number of hydrogen-bond donors (Lipinski definition) is 1. The molecule has 1 amide bonds. The summed E-state index contributed by atoms with van der Waals surface area (Å²) in [6, 6.07) is 10.0. The second-order valence-electron chi connectivity index (χ2n) is 6.16. The van der Waals surface area contributed by atoms with Gasteiger partial charge in [-0.15, -0.1) is 11.3 Å². The Labute approximate surface area is 167 Å². The molecule has 1 aromatic heterocycles. The smallest absolute Gasteiger partial charge is 0.227 e. The van der Waals surface area contributed by atoms with E-state index in [9.17, 15) is 4.79 Å². The van der Waals surface area contributed by atoms with Crippen molar-refractivity contribution in [3.05, 3.63) is 46.2 Å². The molecule has 0 unspecified atom stereocenters. The average molecular weight is 389 g/mol. The van der Waals surface area contributed by atoms with Crippen molar-refractivity contribution in [2.24, 2.45) is 10.7 Å². The summed E-state index contributed by atoms with van der Waals surface area (Å²) in [6.45, 7) is 7.68. The molecule has 6 heteroatoms. The zero-order valence-corrected chi connectivity index (χ0v) is 17.9. The van der Waals surface area contributed by atoms with E-state index < -0.39 is 0 Å². The minimum absolute atomic E-state index is 0.199. The maximum Gasteiger partial charge on any atom is 0.227 e. The number of aryl methyl sites for hydroxylation is 2. The van der Waals surface area contributed by atoms with Gasteiger partial charge in [-0.2, -0.15) is 0 Å². The first-order valence-corrected chi connectivity index (χ1v) is 10.2. The molecule has 27 heavy (non-hydrogen) atoms. The minimum Gasteiger partial charge on any atom is -0.390 e. The maximum atomic E-state index is 12.0. The van der Waals surface area contributed by atoms with Crippen LogP contribution in [0, 0.1) is 6.92 Å². The number of carbonyl (C=O) groups is 1. The number of carbonyl (C=O) groups excluding carboxylic acids is 1. The quantitative estimate of drug-likeness (QED) is 0.630. The molecule has 0 aliphatic carbocycles. The number of aliphatic imine (C=N–C) groups is 1. The van der Waals surface area contributed by atoms with Gasteiger partial charge in [0.1, 0.15) is 0 Å². The molecule has 1 aromatic carbocycles. The van der Waals surface area contributed by atoms with E-state index in [0.717, 1.165) is 30.9 Å². The lowest BCUT2D eigenvalue weighted by molar-refractivity contribution is -0.118. The monoisotopic (exact) mass is 388 g/mol. The van der Waals surface area contributed by atoms with E-state index in [-0.39, 0.29) is 5.91 Å². The number of thiophene rings is 1. The summed E-state index contributed by atoms with van der Waals surface area (Å²) in [5.74, 6) is 0.199. The number of likely N-dealkylation sites (N-methyl/N-ethyl adjacent to an activating group) is 1. The van der Waals surface area contributed by atoms with E-state index in [1.807, 2.05) is 51.0 Å². The van der Waals surface area contributed by atoms with Gasteiger partial charge in [0, 0.05) is 30.1 Å². The fraction of sp³-hybridized carbons (Fsp3) is 0.429. The molecule has 0 fully saturated rings. The van der Waals surface area contributed by atoms with Gasteiger partial charge in [0.25, 0.3) is 0 Å². The molecule has 0 spiro atoms. The zero-order valence-electron chi connectivity index (χ0n) is 17.1. The topological polar surface area (TPSA) is 61.9 Å². The van der Waals surface area contributed by atoms with Crippen LogP contribution in [0.1, 0.15) is 30.7 Å². The van der Waals surface area contributed by atoms with Crippen molar-refractivity contribution >= 4 is 35.0 Å². The maximum absolute atomic E-state index is 12.0. The van der Waals surface area contributed by atoms with Crippen LogP contribution in [0.3, 0.4) is 0 Å². The first kappa shape index (κ1) is 22.9. The second-order valence-corrected chi connectivity index (χ2v) is 7.32. The lowest BCUT2D eigenvalue weighted by Crippen LogP contribution is -2.39. The molecule has 3 rings (SSSR count). The number of nitrogens with two attached hydrogens (primary N) is 1. The van der Waals surface area contributed by atoms with Crippen LogP contribution >= 0.6 is 11.3 Å². The second kappa shape index (κ2) is 12.3. The Bertz CT molecular complexity index is 711. The molecule has 2 heterocycles. The Balaban J connectivity index is 0.000000381. The molecule has 5 nitrogen and oxygen atoms in total. The zero-order chi connectivity index (χ0) is 20.2. The Morgan fingerprint density at radius 3 is 2.52 bits per heavy atom. The standard InChI is InChI=1S/C14H20N4O.C5H6S.C2H6/c1-17(2)7-8-18-13-5-4-12(16-10-15)9-11(13)3-6-14(18)19;1-5-3-2-4-6-5;1-2/h4-5,9-10H,3,6-8H2,1-2H3,(H2,15,16);2-4H,1H3;1-2H3. The first-order valence-electron chi connectivity index (χ1n) is 9.33. The van der Waals surface area contributed by atoms with Gasteiger partial charge in [0.2, 0.25) is 5.91 Å². The third-order valence-corrected chi connectivity index (χ3v) is 4.72. The minimum atomic E-state index is 0.199. The summed E-state index contributed by atoms with van der Waals surface area (Å²) in [5, 5.41) is 2.08. The molecule has 1 aliphatic heterocycles. The van der Waals surface area contributed by atoms with E-state index in [1.54, 1.807) is 11.3 Å². The molecule has 0 radical (unpaired) electrons. The summed E-state index contributed by atoms with van der Waals surface area (Å²) < 4.78 is 0. The van der Waals surface area contributed by atoms with E-state index in [4.69, 9.17) is 5.73 Å². The summed E-state index contributed by atoms with van der Waals surface area (Å²) >= 11 is 1.78. The molecule has 0 saturated heterocycles. The number of anilines is 1. The number of hydrogen-bond acceptors (Lipinski definition) is 4. The van der Waals surface area contributed by atoms with Crippen molar-refractivity contribution in [3.8, 4) is 0 Å². The summed E-state index contributed by atoms with van der Waals surface area (Å²) in [7, 11) is 4.02. The number of benzene rings is 1. The summed E-state index contributed by atoms with van der Waals surface area (Å²) in [5.41, 5.74) is 8.32. The van der Waals surface area contributed by atoms with Crippen molar-refractivity contribution in [3.63, 3.8) is 0 Å². The predicted octanol–water partition coefficient (Wildman–Crippen LogP) is 4.23. The fourth-order valence-corrected chi connectivity index (χ4v) is 3.15. The number of rotatable bonds is 4. The Hall–Kier alpha value is -2.18. The van der Waals surface area contributed by atoms with E-state index in [2.05, 4.69) is 34.3 Å². The Kier molecular flexibility index (Phi) is 10.4. The van der Waals surface area contributed by atoms with Crippen LogP contribution in [-0.4, -0.2) is 44.3 Å². The van der Waals surface area contributed by atoms with Gasteiger partial charge in [0.15, 0.2) is 0 Å². The van der Waals surface area contributed by atoms with Gasteiger partial charge in [-0.05, 0) is 62.6 Å². The average Bonchev–Trinajstić information content (AvgIpc) is 3.14. The van der Waals surface area contributed by atoms with Gasteiger partial charge < -0.3 is 15.5 Å². The highest BCUT2D eigenvalue weighted by atomic mass is 32.1. The van der Waals surface area contributed by atoms with Crippen LogP contribution in [-0.2, 0) is 11.2 Å². The molecule has 0 bridgehead atoms. The lowest BCUT2D eigenvalue weighted by Gasteiger charge is -2.30. The highest BCUT2D eigenvalue weighted by Crippen LogP contribution is 2.30. The van der Waals surface area contributed by atoms with Crippen LogP contribution in [0.4, 0.5) is 11.4 Å².